The minimum absolute atomic E-state index is 0.0286. The first-order valence-electron chi connectivity index (χ1n) is 27.9. The minimum Gasteiger partial charge on any atom is -0.479 e. The number of aliphatic hydroxyl groups is 6. The van der Waals surface area contributed by atoms with Gasteiger partial charge in [-0.05, 0) is 76.4 Å². The molecule has 17 heteroatoms. The summed E-state index contributed by atoms with van der Waals surface area (Å²) in [6, 6.07) is 17.4. The van der Waals surface area contributed by atoms with E-state index in [-0.39, 0.29) is 26.1 Å². The van der Waals surface area contributed by atoms with E-state index in [0.29, 0.717) is 18.8 Å². The maximum absolute atomic E-state index is 10.6. The molecular formula is C60H98N2O14S. The second-order valence-electron chi connectivity index (χ2n) is 20.2. The molecule has 7 atom stereocenters. The van der Waals surface area contributed by atoms with Crippen LogP contribution in [0.2, 0.25) is 0 Å². The van der Waals surface area contributed by atoms with Crippen molar-refractivity contribution >= 4 is 47.0 Å². The molecule has 0 bridgehead atoms. The van der Waals surface area contributed by atoms with Gasteiger partial charge in [0.1, 0.15) is 13.2 Å². The number of terminal acetylenes is 1. The second kappa shape index (κ2) is 46.4. The van der Waals surface area contributed by atoms with Crippen LogP contribution in [0, 0.1) is 18.3 Å². The topological polar surface area (TPSA) is 255 Å². The van der Waals surface area contributed by atoms with Gasteiger partial charge in [-0.25, -0.2) is 9.59 Å². The summed E-state index contributed by atoms with van der Waals surface area (Å²) < 4.78 is 9.42. The van der Waals surface area contributed by atoms with Crippen LogP contribution in [0.1, 0.15) is 175 Å². The second-order valence-corrected chi connectivity index (χ2v) is 21.3. The highest BCUT2D eigenvalue weighted by Crippen LogP contribution is 2.48. The Kier molecular flexibility index (Phi) is 43.7. The predicted octanol–water partition coefficient (Wildman–Crippen LogP) is 10.1. The molecule has 0 aliphatic carbocycles. The lowest BCUT2D eigenvalue weighted by Gasteiger charge is -2.35. The quantitative estimate of drug-likeness (QED) is 0.0135. The summed E-state index contributed by atoms with van der Waals surface area (Å²) in [5.41, 5.74) is 2.68. The van der Waals surface area contributed by atoms with Gasteiger partial charge in [-0.1, -0.05) is 152 Å². The number of unbranched alkanes of at least 4 members (excludes halogenated alkanes) is 18. The number of carbonyl (C=O) groups is 4. The van der Waals surface area contributed by atoms with Gasteiger partial charge in [0.2, 0.25) is 0 Å². The maximum atomic E-state index is 10.6. The standard InChI is InChI=1S/C19H36O4.C19H34O4.C18H22N2S.C4H6O6/c2*1-3-4-5-6-7-8-9-10-11-12-13-14-18(21)15-19(22)16-23-17(2)20;1-14(12-19(2)3)13-20-15-8-4-6-10-17(15)21-18-11-7-5-9-16(18)20;5-1(3(7)8)2(6)4(9)10/h3,18-19,21-22H,1,4-16H2,2H3;1,18-19,21-22H,4-16H2,2H3;4-11,14H,12-13H2,1-3H3;1-2,5-6H,(H,7,8)(H,9,10). The van der Waals surface area contributed by atoms with Crippen LogP contribution in [-0.4, -0.2) is 147 Å². The summed E-state index contributed by atoms with van der Waals surface area (Å²) >= 11 is 1.88. The van der Waals surface area contributed by atoms with Crippen LogP contribution in [0.5, 0.6) is 0 Å². The molecule has 0 saturated heterocycles. The maximum Gasteiger partial charge on any atom is 0.335 e. The molecular weight excluding hydrogens is 1000 g/mol. The van der Waals surface area contributed by atoms with Crippen LogP contribution in [0.25, 0.3) is 0 Å². The average Bonchev–Trinajstić information content (AvgIpc) is 3.38. The first-order valence-corrected chi connectivity index (χ1v) is 28.7. The van der Waals surface area contributed by atoms with Gasteiger partial charge in [-0.15, -0.1) is 18.9 Å². The lowest BCUT2D eigenvalue weighted by Crippen LogP contribution is -2.39. The van der Waals surface area contributed by atoms with Crippen molar-refractivity contribution < 1.29 is 69.5 Å². The molecule has 0 saturated carbocycles. The Labute approximate surface area is 465 Å². The highest BCUT2D eigenvalue weighted by Gasteiger charge is 2.29. The van der Waals surface area contributed by atoms with Crippen LogP contribution in [-0.2, 0) is 28.7 Å². The van der Waals surface area contributed by atoms with Crippen LogP contribution in [0.4, 0.5) is 11.4 Å². The number of fused-ring (bicyclic) bond motifs is 2. The Morgan fingerprint density at radius 2 is 0.974 bits per heavy atom. The summed E-state index contributed by atoms with van der Waals surface area (Å²) in [7, 11) is 4.29. The monoisotopic (exact) mass is 1100 g/mol. The molecule has 1 aliphatic rings. The predicted molar refractivity (Wildman–Crippen MR) is 306 cm³/mol. The third-order valence-corrected chi connectivity index (χ3v) is 13.5. The number of carboxylic acid groups (broad SMARTS) is 2. The van der Waals surface area contributed by atoms with E-state index in [1.165, 1.54) is 118 Å². The van der Waals surface area contributed by atoms with Gasteiger partial charge in [-0.2, -0.15) is 0 Å². The van der Waals surface area contributed by atoms with Gasteiger partial charge in [0.25, 0.3) is 0 Å². The number of carbonyl (C=O) groups excluding carboxylic acids is 2. The fourth-order valence-corrected chi connectivity index (χ4v) is 9.51. The molecule has 0 aromatic heterocycles. The number of anilines is 2. The Hall–Kier alpha value is -4.51. The smallest absolute Gasteiger partial charge is 0.335 e. The van der Waals surface area contributed by atoms with Crippen molar-refractivity contribution in [1.82, 2.24) is 4.90 Å². The van der Waals surface area contributed by atoms with Crippen LogP contribution >= 0.6 is 11.8 Å². The Morgan fingerprint density at radius 3 is 1.32 bits per heavy atom. The van der Waals surface area contributed by atoms with Crippen molar-refractivity contribution in [2.45, 2.75) is 221 Å². The largest absolute Gasteiger partial charge is 0.479 e. The minimum atomic E-state index is -2.27. The lowest BCUT2D eigenvalue weighted by atomic mass is 10.0. The molecule has 2 aromatic carbocycles. The van der Waals surface area contributed by atoms with Gasteiger partial charge < -0.3 is 60.1 Å². The molecule has 16 nitrogen and oxygen atoms in total. The van der Waals surface area contributed by atoms with Crippen molar-refractivity contribution in [3.05, 3.63) is 61.2 Å². The van der Waals surface area contributed by atoms with E-state index >= 15 is 0 Å². The van der Waals surface area contributed by atoms with Crippen molar-refractivity contribution in [2.75, 3.05) is 45.3 Å². The molecule has 438 valence electrons. The molecule has 0 amide bonds. The Bertz CT molecular complexity index is 1850. The van der Waals surface area contributed by atoms with E-state index in [9.17, 15) is 39.6 Å². The fraction of sp³-hybridized carbons (Fsp3) is 0.667. The number of esters is 2. The molecule has 7 unspecified atom stereocenters. The highest BCUT2D eigenvalue weighted by molar-refractivity contribution is 7.99. The van der Waals surface area contributed by atoms with E-state index in [4.69, 9.17) is 36.3 Å². The highest BCUT2D eigenvalue weighted by atomic mass is 32.2. The summed E-state index contributed by atoms with van der Waals surface area (Å²) in [4.78, 5) is 48.2. The number of aliphatic hydroxyl groups excluding tert-OH is 6. The van der Waals surface area contributed by atoms with E-state index in [0.717, 1.165) is 58.0 Å². The Morgan fingerprint density at radius 1 is 0.610 bits per heavy atom. The molecule has 0 spiro atoms. The third kappa shape index (κ3) is 39.5. The molecule has 3 rings (SSSR count). The zero-order valence-electron chi connectivity index (χ0n) is 47.2. The van der Waals surface area contributed by atoms with Crippen molar-refractivity contribution in [3.63, 3.8) is 0 Å². The van der Waals surface area contributed by atoms with Gasteiger partial charge in [-0.3, -0.25) is 9.59 Å². The summed E-state index contributed by atoms with van der Waals surface area (Å²) in [5, 5.41) is 71.4. The number of allylic oxidation sites excluding steroid dienone is 1. The first kappa shape index (κ1) is 72.5. The van der Waals surface area contributed by atoms with Crippen LogP contribution in [0.15, 0.2) is 71.0 Å². The van der Waals surface area contributed by atoms with Gasteiger partial charge in [0, 0.05) is 56.0 Å². The van der Waals surface area contributed by atoms with Gasteiger partial charge >= 0.3 is 23.9 Å². The normalized spacial score (nSPS) is 14.1. The van der Waals surface area contributed by atoms with Crippen molar-refractivity contribution in [3.8, 4) is 12.3 Å². The molecule has 8 N–H and O–H groups in total. The van der Waals surface area contributed by atoms with Crippen molar-refractivity contribution in [1.29, 1.82) is 0 Å². The number of rotatable bonds is 38. The van der Waals surface area contributed by atoms with E-state index in [1.807, 2.05) is 17.8 Å². The Balaban J connectivity index is 0.00000103. The molecule has 0 fully saturated rings. The fourth-order valence-electron chi connectivity index (χ4n) is 8.42. The number of aliphatic carboxylic acids is 2. The number of ether oxygens (including phenoxy) is 2. The number of nitrogens with zero attached hydrogens (tertiary/aromatic N) is 2. The van der Waals surface area contributed by atoms with E-state index in [2.05, 4.69) is 91.8 Å². The first-order chi connectivity index (χ1) is 36.7. The molecule has 0 radical (unpaired) electrons. The summed E-state index contributed by atoms with van der Waals surface area (Å²) in [6.07, 6.45) is 26.0. The zero-order chi connectivity index (χ0) is 57.8. The van der Waals surface area contributed by atoms with Crippen LogP contribution in [0.3, 0.4) is 0 Å². The number of hydrogen-bond acceptors (Lipinski definition) is 15. The average molecular weight is 1100 g/mol. The van der Waals surface area contributed by atoms with Crippen molar-refractivity contribution in [2.24, 2.45) is 5.92 Å². The molecule has 1 aliphatic heterocycles. The molecule has 77 heavy (non-hydrogen) atoms. The summed E-state index contributed by atoms with van der Waals surface area (Å²) in [5.74, 6) is -1.07. The lowest BCUT2D eigenvalue weighted by molar-refractivity contribution is -0.165. The zero-order valence-corrected chi connectivity index (χ0v) is 48.0. The SMILES string of the molecule is C#CCCCCCCCCCCCC(O)CC(O)COC(C)=O.C=CCCCCCCCCCCCC(O)CC(O)COC(C)=O.CC(CN(C)C)CN1c2ccccc2Sc2ccccc21.O=C(O)C(O)C(O)C(=O)O. The van der Waals surface area contributed by atoms with Crippen LogP contribution < -0.4 is 4.90 Å². The number of para-hydroxylation sites is 2. The van der Waals surface area contributed by atoms with Gasteiger partial charge in [0.05, 0.1) is 35.8 Å². The molecule has 2 aromatic rings. The number of benzene rings is 2. The third-order valence-electron chi connectivity index (χ3n) is 12.4. The summed E-state index contributed by atoms with van der Waals surface area (Å²) in [6.45, 7) is 10.8. The van der Waals surface area contributed by atoms with E-state index in [1.54, 1.807) is 0 Å². The molecule has 1 heterocycles. The number of carboxylic acids is 2. The number of hydrogen-bond donors (Lipinski definition) is 8. The van der Waals surface area contributed by atoms with E-state index < -0.39 is 60.5 Å². The van der Waals surface area contributed by atoms with Gasteiger partial charge in [0.15, 0.2) is 12.2 Å².